The monoisotopic (exact) mass is 442 g/mol. The van der Waals surface area contributed by atoms with Gasteiger partial charge in [0, 0.05) is 12.8 Å². The smallest absolute Gasteiger partial charge is 0.376 e. The molecule has 0 saturated heterocycles. The van der Waals surface area contributed by atoms with Gasteiger partial charge < -0.3 is 4.89 Å². The molecule has 30 heavy (non-hydrogen) atoms. The van der Waals surface area contributed by atoms with Gasteiger partial charge in [-0.05, 0) is 32.1 Å². The second-order valence-corrected chi connectivity index (χ2v) is 11.4. The van der Waals surface area contributed by atoms with Crippen molar-refractivity contribution in [2.75, 3.05) is 21.1 Å². The number of allylic oxidation sites excluding steroid dienone is 2. The van der Waals surface area contributed by atoms with Crippen LogP contribution in [0, 0.1) is 0 Å². The maximum atomic E-state index is 12.1. The average Bonchev–Trinajstić information content (AvgIpc) is 2.68. The lowest BCUT2D eigenvalue weighted by Crippen LogP contribution is -2.55. The molecule has 0 bridgehead atoms. The van der Waals surface area contributed by atoms with Gasteiger partial charge in [0.15, 0.2) is 0 Å². The summed E-state index contributed by atoms with van der Waals surface area (Å²) >= 11 is 0. The van der Waals surface area contributed by atoms with Crippen LogP contribution in [-0.4, -0.2) is 30.9 Å². The SMILES string of the molecule is CCCC/C=C\CCCCCCCCCCCCCC(CCC)([P+](=O)[O-])[N+](C)(C)C. The molecule has 4 heteroatoms. The van der Waals surface area contributed by atoms with Crippen molar-refractivity contribution in [2.24, 2.45) is 0 Å². The maximum Gasteiger partial charge on any atom is 0.376 e. The lowest BCUT2D eigenvalue weighted by molar-refractivity contribution is -0.910. The first-order valence-electron chi connectivity index (χ1n) is 12.9. The molecular formula is C26H53NO2P+. The Labute approximate surface area is 190 Å². The minimum Gasteiger partial charge on any atom is -0.590 e. The molecule has 0 spiro atoms. The second-order valence-electron chi connectivity index (χ2n) is 10.0. The highest BCUT2D eigenvalue weighted by atomic mass is 31.1. The summed E-state index contributed by atoms with van der Waals surface area (Å²) in [5.41, 5.74) is 0. The molecule has 0 N–H and O–H groups in total. The van der Waals surface area contributed by atoms with E-state index >= 15 is 0 Å². The van der Waals surface area contributed by atoms with Gasteiger partial charge in [-0.1, -0.05) is 101 Å². The van der Waals surface area contributed by atoms with Crippen molar-refractivity contribution in [1.29, 1.82) is 0 Å². The Morgan fingerprint density at radius 2 is 1.10 bits per heavy atom. The number of quaternary nitrogens is 1. The van der Waals surface area contributed by atoms with Crippen molar-refractivity contribution in [3.63, 3.8) is 0 Å². The fourth-order valence-electron chi connectivity index (χ4n) is 4.44. The summed E-state index contributed by atoms with van der Waals surface area (Å²) in [4.78, 5) is 12.1. The molecule has 0 saturated carbocycles. The van der Waals surface area contributed by atoms with Crippen LogP contribution in [0.5, 0.6) is 0 Å². The van der Waals surface area contributed by atoms with Gasteiger partial charge in [0.1, 0.15) is 0 Å². The summed E-state index contributed by atoms with van der Waals surface area (Å²) in [7, 11) is 3.68. The summed E-state index contributed by atoms with van der Waals surface area (Å²) in [6.45, 7) is 4.34. The molecule has 3 nitrogen and oxygen atoms in total. The first kappa shape index (κ1) is 29.8. The molecule has 0 aliphatic carbocycles. The minimum absolute atomic E-state index is 0.523. The zero-order valence-corrected chi connectivity index (χ0v) is 22.0. The number of rotatable bonds is 21. The zero-order valence-electron chi connectivity index (χ0n) is 21.1. The molecule has 0 aliphatic heterocycles. The molecule has 0 amide bonds. The molecule has 0 heterocycles. The number of hydrogen-bond donors (Lipinski definition) is 0. The third-order valence-electron chi connectivity index (χ3n) is 6.58. The van der Waals surface area contributed by atoms with Crippen LogP contribution in [-0.2, 0) is 4.57 Å². The van der Waals surface area contributed by atoms with Crippen molar-refractivity contribution in [3.8, 4) is 0 Å². The molecule has 0 rings (SSSR count). The lowest BCUT2D eigenvalue weighted by atomic mass is 9.99. The van der Waals surface area contributed by atoms with Crippen LogP contribution in [0.2, 0.25) is 0 Å². The van der Waals surface area contributed by atoms with Gasteiger partial charge >= 0.3 is 8.03 Å². The molecule has 0 aromatic carbocycles. The number of unbranched alkanes of at least 4 members (excludes halogenated alkanes) is 13. The third-order valence-corrected chi connectivity index (χ3v) is 8.30. The third kappa shape index (κ3) is 13.2. The summed E-state index contributed by atoms with van der Waals surface area (Å²) < 4.78 is 12.6. The molecular weight excluding hydrogens is 389 g/mol. The van der Waals surface area contributed by atoms with Crippen LogP contribution in [0.4, 0.5) is 0 Å². The molecule has 0 aliphatic rings. The van der Waals surface area contributed by atoms with Gasteiger partial charge in [-0.25, -0.2) is 0 Å². The average molecular weight is 443 g/mol. The Hall–Kier alpha value is -0.240. The standard InChI is InChI=1S/C26H53NO2P/c1-6-8-9-10-11-12-13-14-15-16-17-18-19-20-21-22-23-25-26(24-7-2,30(28)29)27(3,4)5/h10-11H,6-9,12-25H2,1-5H3/q+1/b11-10-. The fraction of sp³-hybridized carbons (Fsp3) is 0.923. The summed E-state index contributed by atoms with van der Waals surface area (Å²) in [6, 6.07) is 0. The van der Waals surface area contributed by atoms with E-state index in [1.807, 2.05) is 21.1 Å². The number of hydrogen-bond acceptors (Lipinski definition) is 2. The Bertz CT molecular complexity index is 445. The first-order valence-corrected chi connectivity index (χ1v) is 14.1. The molecule has 178 valence electrons. The predicted molar refractivity (Wildman–Crippen MR) is 132 cm³/mol. The Balaban J connectivity index is 3.67. The Kier molecular flexibility index (Phi) is 18.2. The van der Waals surface area contributed by atoms with Gasteiger partial charge in [-0.3, -0.25) is 4.48 Å². The van der Waals surface area contributed by atoms with E-state index in [1.54, 1.807) is 0 Å². The van der Waals surface area contributed by atoms with E-state index < -0.39 is 13.3 Å². The quantitative estimate of drug-likeness (QED) is 0.0779. The van der Waals surface area contributed by atoms with Crippen LogP contribution in [0.1, 0.15) is 129 Å². The van der Waals surface area contributed by atoms with Crippen molar-refractivity contribution < 1.29 is 13.9 Å². The minimum atomic E-state index is -2.42. The van der Waals surface area contributed by atoms with Crippen molar-refractivity contribution in [1.82, 2.24) is 0 Å². The Morgan fingerprint density at radius 3 is 1.50 bits per heavy atom. The van der Waals surface area contributed by atoms with Crippen LogP contribution < -0.4 is 4.89 Å². The zero-order chi connectivity index (χ0) is 22.7. The number of nitrogens with zero attached hydrogens (tertiary/aromatic N) is 1. The van der Waals surface area contributed by atoms with Gasteiger partial charge in [0.25, 0.3) is 5.28 Å². The summed E-state index contributed by atoms with van der Waals surface area (Å²) in [6.07, 6.45) is 26.7. The van der Waals surface area contributed by atoms with Crippen molar-refractivity contribution in [2.45, 2.75) is 135 Å². The van der Waals surface area contributed by atoms with Gasteiger partial charge in [-0.2, -0.15) is 0 Å². The predicted octanol–water partition coefficient (Wildman–Crippen LogP) is 8.11. The molecule has 0 radical (unpaired) electrons. The molecule has 2 unspecified atom stereocenters. The van der Waals surface area contributed by atoms with Crippen LogP contribution in [0.3, 0.4) is 0 Å². The molecule has 0 fully saturated rings. The van der Waals surface area contributed by atoms with Crippen molar-refractivity contribution in [3.05, 3.63) is 12.2 Å². The topological polar surface area (TPSA) is 40.1 Å². The maximum absolute atomic E-state index is 12.1. The molecule has 2 atom stereocenters. The highest BCUT2D eigenvalue weighted by Crippen LogP contribution is 2.45. The van der Waals surface area contributed by atoms with Crippen LogP contribution >= 0.6 is 8.03 Å². The van der Waals surface area contributed by atoms with E-state index in [0.29, 0.717) is 4.48 Å². The largest absolute Gasteiger partial charge is 0.590 e. The highest BCUT2D eigenvalue weighted by Gasteiger charge is 2.53. The molecule has 0 aromatic heterocycles. The lowest BCUT2D eigenvalue weighted by Gasteiger charge is -2.39. The molecule has 0 aromatic rings. The summed E-state index contributed by atoms with van der Waals surface area (Å²) in [5.74, 6) is 0. The fourth-order valence-corrected chi connectivity index (χ4v) is 5.68. The van der Waals surface area contributed by atoms with Crippen LogP contribution in [0.15, 0.2) is 12.2 Å². The van der Waals surface area contributed by atoms with Crippen molar-refractivity contribution >= 4 is 8.03 Å². The highest BCUT2D eigenvalue weighted by molar-refractivity contribution is 7.38. The van der Waals surface area contributed by atoms with E-state index in [9.17, 15) is 9.46 Å². The van der Waals surface area contributed by atoms with Crippen LogP contribution in [0.25, 0.3) is 0 Å². The van der Waals surface area contributed by atoms with E-state index in [-0.39, 0.29) is 0 Å². The normalized spacial score (nSPS) is 14.9. The van der Waals surface area contributed by atoms with E-state index in [0.717, 1.165) is 25.7 Å². The van der Waals surface area contributed by atoms with E-state index in [1.165, 1.54) is 89.9 Å². The Morgan fingerprint density at radius 1 is 0.667 bits per heavy atom. The second kappa shape index (κ2) is 18.3. The van der Waals surface area contributed by atoms with Gasteiger partial charge in [-0.15, -0.1) is 0 Å². The summed E-state index contributed by atoms with van der Waals surface area (Å²) in [5, 5.41) is -0.588. The van der Waals surface area contributed by atoms with Gasteiger partial charge in [0.05, 0.1) is 21.1 Å². The van der Waals surface area contributed by atoms with E-state index in [4.69, 9.17) is 0 Å². The van der Waals surface area contributed by atoms with Gasteiger partial charge in [0.2, 0.25) is 0 Å². The van der Waals surface area contributed by atoms with E-state index in [2.05, 4.69) is 26.0 Å². The first-order chi connectivity index (χ1) is 14.3.